The van der Waals surface area contributed by atoms with Crippen LogP contribution in [0, 0.1) is 5.82 Å². The Morgan fingerprint density at radius 2 is 2.00 bits per heavy atom. The first-order valence-corrected chi connectivity index (χ1v) is 8.72. The maximum absolute atomic E-state index is 14.5. The third-order valence-corrected chi connectivity index (χ3v) is 4.45. The Morgan fingerprint density at radius 3 is 2.78 bits per heavy atom. The summed E-state index contributed by atoms with van der Waals surface area (Å²) in [6.07, 6.45) is 0. The summed E-state index contributed by atoms with van der Waals surface area (Å²) in [7, 11) is 3.91. The van der Waals surface area contributed by atoms with Gasteiger partial charge in [-0.2, -0.15) is 0 Å². The number of H-pyrrole nitrogens is 1. The Kier molecular flexibility index (Phi) is 4.37. The van der Waals surface area contributed by atoms with Gasteiger partial charge >= 0.3 is 0 Å². The van der Waals surface area contributed by atoms with Gasteiger partial charge in [0.2, 0.25) is 5.95 Å². The van der Waals surface area contributed by atoms with Gasteiger partial charge in [-0.05, 0) is 44.4 Å². The van der Waals surface area contributed by atoms with Crippen LogP contribution < -0.4 is 10.9 Å². The van der Waals surface area contributed by atoms with E-state index in [9.17, 15) is 9.18 Å². The van der Waals surface area contributed by atoms with E-state index in [-0.39, 0.29) is 11.4 Å². The molecule has 0 atom stereocenters. The molecular formula is C20H20FN5O. The number of anilines is 1. The minimum atomic E-state index is -0.351. The molecule has 0 saturated carbocycles. The minimum Gasteiger partial charge on any atom is -0.381 e. The first-order valence-electron chi connectivity index (χ1n) is 8.72. The molecule has 0 aliphatic heterocycles. The maximum Gasteiger partial charge on any atom is 0.257 e. The van der Waals surface area contributed by atoms with Crippen molar-refractivity contribution in [3.05, 3.63) is 64.7 Å². The summed E-state index contributed by atoms with van der Waals surface area (Å²) in [4.78, 5) is 22.3. The lowest BCUT2D eigenvalue weighted by atomic mass is 10.2. The van der Waals surface area contributed by atoms with E-state index in [4.69, 9.17) is 0 Å². The third kappa shape index (κ3) is 3.29. The number of fused-ring (bicyclic) bond motifs is 2. The van der Waals surface area contributed by atoms with Gasteiger partial charge in [-0.3, -0.25) is 4.79 Å². The Morgan fingerprint density at radius 1 is 1.19 bits per heavy atom. The largest absolute Gasteiger partial charge is 0.381 e. The number of halogens is 1. The van der Waals surface area contributed by atoms with E-state index in [1.54, 1.807) is 12.1 Å². The average Bonchev–Trinajstić information content (AvgIpc) is 3.05. The van der Waals surface area contributed by atoms with E-state index < -0.39 is 0 Å². The quantitative estimate of drug-likeness (QED) is 0.571. The lowest BCUT2D eigenvalue weighted by Crippen LogP contribution is -2.21. The average molecular weight is 365 g/mol. The molecule has 0 saturated heterocycles. The fraction of sp³-hybridized carbons (Fsp3) is 0.200. The van der Waals surface area contributed by atoms with Gasteiger partial charge in [0.25, 0.3) is 5.56 Å². The van der Waals surface area contributed by atoms with Gasteiger partial charge in [0.1, 0.15) is 5.82 Å². The van der Waals surface area contributed by atoms with Crippen molar-refractivity contribution in [2.45, 2.75) is 0 Å². The SMILES string of the molecule is CN(C)CCNc1cc2c(ccc(=O)n2-c2nc3ccccc3[nH]2)cc1F. The number of benzene rings is 2. The smallest absolute Gasteiger partial charge is 0.257 e. The summed E-state index contributed by atoms with van der Waals surface area (Å²) in [5, 5.41) is 3.73. The molecule has 0 aliphatic rings. The standard InChI is InChI=1S/C20H20FN5O/c1-25(2)10-9-22-17-12-18-13(11-14(17)21)7-8-19(27)26(18)20-23-15-5-3-4-6-16(15)24-20/h3-8,11-12,22H,9-10H2,1-2H3,(H,23,24). The second-order valence-corrected chi connectivity index (χ2v) is 6.71. The number of aromatic amines is 1. The van der Waals surface area contributed by atoms with E-state index in [0.717, 1.165) is 17.6 Å². The second-order valence-electron chi connectivity index (χ2n) is 6.71. The zero-order valence-corrected chi connectivity index (χ0v) is 15.2. The molecule has 0 aliphatic carbocycles. The monoisotopic (exact) mass is 365 g/mol. The van der Waals surface area contributed by atoms with Crippen molar-refractivity contribution >= 4 is 27.6 Å². The number of hydrogen-bond acceptors (Lipinski definition) is 4. The zero-order valence-electron chi connectivity index (χ0n) is 15.2. The van der Waals surface area contributed by atoms with Crippen molar-refractivity contribution in [3.8, 4) is 5.95 Å². The number of pyridine rings is 1. The summed E-state index contributed by atoms with van der Waals surface area (Å²) >= 11 is 0. The summed E-state index contributed by atoms with van der Waals surface area (Å²) in [6, 6.07) is 13.7. The molecule has 4 rings (SSSR count). The Balaban J connectivity index is 1.86. The van der Waals surface area contributed by atoms with Crippen LogP contribution >= 0.6 is 0 Å². The van der Waals surface area contributed by atoms with Crippen molar-refractivity contribution in [2.75, 3.05) is 32.5 Å². The van der Waals surface area contributed by atoms with Crippen molar-refractivity contribution in [1.82, 2.24) is 19.4 Å². The maximum atomic E-state index is 14.5. The van der Waals surface area contributed by atoms with Gasteiger partial charge in [-0.15, -0.1) is 0 Å². The van der Waals surface area contributed by atoms with E-state index in [1.807, 2.05) is 43.3 Å². The van der Waals surface area contributed by atoms with E-state index >= 15 is 0 Å². The number of nitrogens with one attached hydrogen (secondary N) is 2. The molecule has 0 radical (unpaired) electrons. The molecular weight excluding hydrogens is 345 g/mol. The van der Waals surface area contributed by atoms with Gasteiger partial charge < -0.3 is 15.2 Å². The first-order chi connectivity index (χ1) is 13.0. The molecule has 6 nitrogen and oxygen atoms in total. The summed E-state index contributed by atoms with van der Waals surface area (Å²) in [6.45, 7) is 1.36. The highest BCUT2D eigenvalue weighted by Gasteiger charge is 2.13. The molecule has 0 spiro atoms. The summed E-state index contributed by atoms with van der Waals surface area (Å²) < 4.78 is 15.9. The molecule has 27 heavy (non-hydrogen) atoms. The van der Waals surface area contributed by atoms with Gasteiger partial charge in [0.05, 0.1) is 22.2 Å². The number of para-hydroxylation sites is 2. The molecule has 4 aromatic rings. The highest BCUT2D eigenvalue weighted by atomic mass is 19.1. The summed E-state index contributed by atoms with van der Waals surface area (Å²) in [5.74, 6) is 0.0636. The van der Waals surface area contributed by atoms with Gasteiger partial charge in [0.15, 0.2) is 0 Å². The fourth-order valence-electron chi connectivity index (χ4n) is 3.07. The minimum absolute atomic E-state index is 0.229. The van der Waals surface area contributed by atoms with Crippen LogP contribution in [-0.4, -0.2) is 46.6 Å². The van der Waals surface area contributed by atoms with Crippen molar-refractivity contribution in [3.63, 3.8) is 0 Å². The van der Waals surface area contributed by atoms with Crippen LogP contribution in [0.4, 0.5) is 10.1 Å². The van der Waals surface area contributed by atoms with Gasteiger partial charge in [-0.1, -0.05) is 12.1 Å². The highest BCUT2D eigenvalue weighted by Crippen LogP contribution is 2.24. The van der Waals surface area contributed by atoms with Crippen molar-refractivity contribution in [2.24, 2.45) is 0 Å². The molecule has 0 amide bonds. The van der Waals surface area contributed by atoms with Crippen LogP contribution in [0.5, 0.6) is 0 Å². The van der Waals surface area contributed by atoms with Crippen molar-refractivity contribution < 1.29 is 4.39 Å². The zero-order chi connectivity index (χ0) is 19.0. The molecule has 2 aromatic heterocycles. The van der Waals surface area contributed by atoms with E-state index in [2.05, 4.69) is 15.3 Å². The first kappa shape index (κ1) is 17.2. The van der Waals surface area contributed by atoms with E-state index in [0.29, 0.717) is 29.1 Å². The van der Waals surface area contributed by atoms with Crippen molar-refractivity contribution in [1.29, 1.82) is 0 Å². The normalized spacial score (nSPS) is 11.6. The van der Waals surface area contributed by atoms with Crippen LogP contribution in [-0.2, 0) is 0 Å². The fourth-order valence-corrected chi connectivity index (χ4v) is 3.07. The highest BCUT2D eigenvalue weighted by molar-refractivity contribution is 5.85. The van der Waals surface area contributed by atoms with Crippen LogP contribution in [0.25, 0.3) is 27.9 Å². The molecule has 138 valence electrons. The predicted molar refractivity (Wildman–Crippen MR) is 106 cm³/mol. The Labute approximate surface area is 155 Å². The Bertz CT molecular complexity index is 1150. The molecule has 7 heteroatoms. The molecule has 0 unspecified atom stereocenters. The lowest BCUT2D eigenvalue weighted by molar-refractivity contribution is 0.425. The number of imidazole rings is 1. The lowest BCUT2D eigenvalue weighted by Gasteiger charge is -2.14. The van der Waals surface area contributed by atoms with Crippen LogP contribution in [0.15, 0.2) is 53.3 Å². The van der Waals surface area contributed by atoms with Crippen LogP contribution in [0.2, 0.25) is 0 Å². The predicted octanol–water partition coefficient (Wildman–Crippen LogP) is 2.98. The van der Waals surface area contributed by atoms with Gasteiger partial charge in [0, 0.05) is 24.5 Å². The van der Waals surface area contributed by atoms with Crippen LogP contribution in [0.1, 0.15) is 0 Å². The van der Waals surface area contributed by atoms with Crippen LogP contribution in [0.3, 0.4) is 0 Å². The number of likely N-dealkylation sites (N-methyl/N-ethyl adjacent to an activating group) is 1. The Hall–Kier alpha value is -3.19. The third-order valence-electron chi connectivity index (χ3n) is 4.45. The molecule has 2 N–H and O–H groups in total. The molecule has 2 heterocycles. The number of aromatic nitrogens is 3. The molecule has 0 bridgehead atoms. The molecule has 0 fully saturated rings. The second kappa shape index (κ2) is 6.85. The number of nitrogens with zero attached hydrogens (tertiary/aromatic N) is 3. The van der Waals surface area contributed by atoms with E-state index in [1.165, 1.54) is 16.7 Å². The molecule has 2 aromatic carbocycles. The number of hydrogen-bond donors (Lipinski definition) is 2. The van der Waals surface area contributed by atoms with Gasteiger partial charge in [-0.25, -0.2) is 13.9 Å². The number of rotatable bonds is 5. The summed E-state index contributed by atoms with van der Waals surface area (Å²) in [5.41, 5.74) is 2.33. The topological polar surface area (TPSA) is 66.0 Å².